The summed E-state index contributed by atoms with van der Waals surface area (Å²) in [6.45, 7) is 2.76. The summed E-state index contributed by atoms with van der Waals surface area (Å²) in [6.07, 6.45) is 0. The predicted molar refractivity (Wildman–Crippen MR) is 52.2 cm³/mol. The monoisotopic (exact) mass is 216 g/mol. The number of rotatable bonds is 1. The molecule has 0 amide bonds. The molecule has 1 aromatic heterocycles. The molecule has 0 unspecified atom stereocenters. The summed E-state index contributed by atoms with van der Waals surface area (Å²) in [5, 5.41) is 0.374. The van der Waals surface area contributed by atoms with Gasteiger partial charge in [0.2, 0.25) is 5.95 Å². The number of pyridine rings is 1. The van der Waals surface area contributed by atoms with Crippen molar-refractivity contribution in [3.8, 4) is 0 Å². The van der Waals surface area contributed by atoms with Crippen molar-refractivity contribution in [3.63, 3.8) is 0 Å². The quantitative estimate of drug-likeness (QED) is 0.669. The zero-order chi connectivity index (χ0) is 9.97. The van der Waals surface area contributed by atoms with E-state index in [0.717, 1.165) is 13.1 Å². The summed E-state index contributed by atoms with van der Waals surface area (Å²) < 4.78 is 18.1. The minimum Gasteiger partial charge on any atom is -0.378 e. The molecule has 0 aromatic carbocycles. The van der Waals surface area contributed by atoms with Crippen LogP contribution in [0.5, 0.6) is 0 Å². The van der Waals surface area contributed by atoms with Gasteiger partial charge in [-0.2, -0.15) is 4.39 Å². The summed E-state index contributed by atoms with van der Waals surface area (Å²) in [5.41, 5.74) is 0. The maximum atomic E-state index is 12.9. The number of ether oxygens (including phenoxy) is 1. The van der Waals surface area contributed by atoms with Crippen molar-refractivity contribution < 1.29 is 9.13 Å². The topological polar surface area (TPSA) is 25.4 Å². The molecule has 1 saturated heterocycles. The van der Waals surface area contributed by atoms with Gasteiger partial charge in [0, 0.05) is 24.2 Å². The van der Waals surface area contributed by atoms with Crippen LogP contribution in [-0.4, -0.2) is 31.3 Å². The molecular formula is C9H10ClFN2O. The first-order valence-electron chi connectivity index (χ1n) is 4.41. The van der Waals surface area contributed by atoms with Gasteiger partial charge in [0.1, 0.15) is 5.82 Å². The standard InChI is InChI=1S/C9H10ClFN2O/c10-7-5-8(11)12-9(6-7)13-1-3-14-4-2-13/h5-6H,1-4H2. The Hall–Kier alpha value is -0.870. The van der Waals surface area contributed by atoms with Gasteiger partial charge in [-0.05, 0) is 6.07 Å². The van der Waals surface area contributed by atoms with Gasteiger partial charge in [0.25, 0.3) is 0 Å². The van der Waals surface area contributed by atoms with Gasteiger partial charge in [-0.1, -0.05) is 11.6 Å². The first kappa shape index (κ1) is 9.68. The first-order valence-corrected chi connectivity index (χ1v) is 4.79. The van der Waals surface area contributed by atoms with E-state index in [1.54, 1.807) is 6.07 Å². The number of hydrogen-bond acceptors (Lipinski definition) is 3. The Morgan fingerprint density at radius 2 is 2.07 bits per heavy atom. The third-order valence-electron chi connectivity index (χ3n) is 2.08. The van der Waals surface area contributed by atoms with Crippen LogP contribution >= 0.6 is 11.6 Å². The highest BCUT2D eigenvalue weighted by Crippen LogP contribution is 2.18. The zero-order valence-corrected chi connectivity index (χ0v) is 8.30. The van der Waals surface area contributed by atoms with Crippen molar-refractivity contribution in [1.82, 2.24) is 4.98 Å². The van der Waals surface area contributed by atoms with Crippen molar-refractivity contribution >= 4 is 17.4 Å². The summed E-state index contributed by atoms with van der Waals surface area (Å²) in [6, 6.07) is 2.86. The molecule has 0 bridgehead atoms. The molecule has 0 saturated carbocycles. The molecule has 0 atom stereocenters. The fraction of sp³-hybridized carbons (Fsp3) is 0.444. The van der Waals surface area contributed by atoms with Crippen LogP contribution < -0.4 is 4.90 Å². The van der Waals surface area contributed by atoms with E-state index < -0.39 is 5.95 Å². The van der Waals surface area contributed by atoms with Crippen LogP contribution in [0, 0.1) is 5.95 Å². The molecule has 0 radical (unpaired) electrons. The van der Waals surface area contributed by atoms with E-state index in [1.165, 1.54) is 6.07 Å². The molecule has 14 heavy (non-hydrogen) atoms. The maximum Gasteiger partial charge on any atom is 0.216 e. The minimum absolute atomic E-state index is 0.374. The SMILES string of the molecule is Fc1cc(Cl)cc(N2CCOCC2)n1. The van der Waals surface area contributed by atoms with Crippen LogP contribution in [0.3, 0.4) is 0 Å². The maximum absolute atomic E-state index is 12.9. The third kappa shape index (κ3) is 2.13. The van der Waals surface area contributed by atoms with Crippen molar-refractivity contribution in [3.05, 3.63) is 23.1 Å². The fourth-order valence-electron chi connectivity index (χ4n) is 1.41. The average molecular weight is 217 g/mol. The molecule has 0 N–H and O–H groups in total. The molecule has 76 valence electrons. The van der Waals surface area contributed by atoms with Crippen LogP contribution in [0.2, 0.25) is 5.02 Å². The molecule has 3 nitrogen and oxygen atoms in total. The lowest BCUT2D eigenvalue weighted by atomic mass is 10.3. The molecule has 5 heteroatoms. The van der Waals surface area contributed by atoms with Gasteiger partial charge >= 0.3 is 0 Å². The third-order valence-corrected chi connectivity index (χ3v) is 2.30. The Morgan fingerprint density at radius 1 is 1.36 bits per heavy atom. The molecule has 1 aliphatic heterocycles. The summed E-state index contributed by atoms with van der Waals surface area (Å²) in [4.78, 5) is 5.73. The summed E-state index contributed by atoms with van der Waals surface area (Å²) >= 11 is 5.73. The Labute approximate surface area is 86.4 Å². The number of hydrogen-bond donors (Lipinski definition) is 0. The minimum atomic E-state index is -0.543. The van der Waals surface area contributed by atoms with Gasteiger partial charge in [-0.25, -0.2) is 4.98 Å². The van der Waals surface area contributed by atoms with Crippen LogP contribution in [-0.2, 0) is 4.74 Å². The van der Waals surface area contributed by atoms with Crippen molar-refractivity contribution in [2.45, 2.75) is 0 Å². The van der Waals surface area contributed by atoms with E-state index in [-0.39, 0.29) is 0 Å². The number of halogens is 2. The summed E-state index contributed by atoms with van der Waals surface area (Å²) in [7, 11) is 0. The molecule has 0 spiro atoms. The molecule has 2 heterocycles. The highest BCUT2D eigenvalue weighted by molar-refractivity contribution is 6.30. The lowest BCUT2D eigenvalue weighted by molar-refractivity contribution is 0.122. The lowest BCUT2D eigenvalue weighted by Gasteiger charge is -2.27. The van der Waals surface area contributed by atoms with E-state index in [2.05, 4.69) is 4.98 Å². The van der Waals surface area contributed by atoms with Crippen molar-refractivity contribution in [2.24, 2.45) is 0 Å². The van der Waals surface area contributed by atoms with Gasteiger partial charge < -0.3 is 9.64 Å². The molecule has 2 rings (SSSR count). The largest absolute Gasteiger partial charge is 0.378 e. The Kier molecular flexibility index (Phi) is 2.84. The highest BCUT2D eigenvalue weighted by atomic mass is 35.5. The number of nitrogens with zero attached hydrogens (tertiary/aromatic N) is 2. The van der Waals surface area contributed by atoms with Gasteiger partial charge in [0.05, 0.1) is 13.2 Å². The highest BCUT2D eigenvalue weighted by Gasteiger charge is 2.13. The van der Waals surface area contributed by atoms with E-state index in [4.69, 9.17) is 16.3 Å². The van der Waals surface area contributed by atoms with Gasteiger partial charge in [-0.15, -0.1) is 0 Å². The second-order valence-electron chi connectivity index (χ2n) is 3.07. The van der Waals surface area contributed by atoms with E-state index >= 15 is 0 Å². The summed E-state index contributed by atoms with van der Waals surface area (Å²) in [5.74, 6) is 0.0392. The Bertz CT molecular complexity index is 308. The average Bonchev–Trinajstić information content (AvgIpc) is 2.18. The first-order chi connectivity index (χ1) is 6.75. The smallest absolute Gasteiger partial charge is 0.216 e. The van der Waals surface area contributed by atoms with Gasteiger partial charge in [-0.3, -0.25) is 0 Å². The van der Waals surface area contributed by atoms with E-state index in [1.807, 2.05) is 4.90 Å². The van der Waals surface area contributed by atoms with Crippen LogP contribution in [0.1, 0.15) is 0 Å². The zero-order valence-electron chi connectivity index (χ0n) is 7.54. The molecular weight excluding hydrogens is 207 g/mol. The Morgan fingerprint density at radius 3 is 2.71 bits per heavy atom. The van der Waals surface area contributed by atoms with E-state index in [0.29, 0.717) is 24.1 Å². The van der Waals surface area contributed by atoms with Crippen LogP contribution in [0.4, 0.5) is 10.2 Å². The van der Waals surface area contributed by atoms with Crippen molar-refractivity contribution in [2.75, 3.05) is 31.2 Å². The second-order valence-corrected chi connectivity index (χ2v) is 3.50. The molecule has 1 aromatic rings. The van der Waals surface area contributed by atoms with Gasteiger partial charge in [0.15, 0.2) is 0 Å². The molecule has 0 aliphatic carbocycles. The molecule has 1 fully saturated rings. The van der Waals surface area contributed by atoms with Crippen LogP contribution in [0.15, 0.2) is 12.1 Å². The van der Waals surface area contributed by atoms with E-state index in [9.17, 15) is 4.39 Å². The molecule has 1 aliphatic rings. The number of anilines is 1. The Balaban J connectivity index is 2.21. The number of morpholine rings is 1. The normalized spacial score (nSPS) is 17.1. The van der Waals surface area contributed by atoms with Crippen LogP contribution in [0.25, 0.3) is 0 Å². The van der Waals surface area contributed by atoms with Crippen molar-refractivity contribution in [1.29, 1.82) is 0 Å². The lowest BCUT2D eigenvalue weighted by Crippen LogP contribution is -2.36. The predicted octanol–water partition coefficient (Wildman–Crippen LogP) is 1.71. The fourth-order valence-corrected chi connectivity index (χ4v) is 1.59. The second kappa shape index (κ2) is 4.11. The number of aromatic nitrogens is 1.